The molecule has 0 unspecified atom stereocenters. The molecule has 0 aliphatic heterocycles. The number of sulfone groups is 1. The average Bonchev–Trinajstić information content (AvgIpc) is 2.68. The lowest BCUT2D eigenvalue weighted by molar-refractivity contribution is 0.146. The number of benzene rings is 2. The van der Waals surface area contributed by atoms with E-state index in [0.717, 1.165) is 11.3 Å². The van der Waals surface area contributed by atoms with Gasteiger partial charge in [0.1, 0.15) is 24.5 Å². The van der Waals surface area contributed by atoms with Gasteiger partial charge in [-0.3, -0.25) is 0 Å². The summed E-state index contributed by atoms with van der Waals surface area (Å²) in [6, 6.07) is 16.7. The maximum Gasteiger partial charge on any atom is 0.151 e. The Labute approximate surface area is 170 Å². The van der Waals surface area contributed by atoms with E-state index in [2.05, 4.69) is 15.3 Å². The highest BCUT2D eigenvalue weighted by Crippen LogP contribution is 2.29. The molecule has 0 aliphatic carbocycles. The second-order valence-corrected chi connectivity index (χ2v) is 8.66. The SMILES string of the molecule is COCCOc1ccccc1-c1cc(Nc2cccc(CS(C)(=O)=O)c2)ncn1. The van der Waals surface area contributed by atoms with Gasteiger partial charge in [0.15, 0.2) is 9.84 Å². The molecule has 1 aromatic heterocycles. The van der Waals surface area contributed by atoms with Gasteiger partial charge in [0, 0.05) is 30.7 Å². The Balaban J connectivity index is 1.82. The average molecular weight is 413 g/mol. The molecule has 0 fully saturated rings. The van der Waals surface area contributed by atoms with Gasteiger partial charge in [-0.1, -0.05) is 24.3 Å². The van der Waals surface area contributed by atoms with Crippen LogP contribution in [-0.2, 0) is 20.3 Å². The van der Waals surface area contributed by atoms with Gasteiger partial charge in [-0.05, 0) is 29.8 Å². The van der Waals surface area contributed by atoms with Gasteiger partial charge in [0.25, 0.3) is 0 Å². The third-order valence-electron chi connectivity index (χ3n) is 4.00. The minimum absolute atomic E-state index is 0.0102. The van der Waals surface area contributed by atoms with Gasteiger partial charge in [-0.25, -0.2) is 18.4 Å². The Morgan fingerprint density at radius 1 is 1.00 bits per heavy atom. The summed E-state index contributed by atoms with van der Waals surface area (Å²) in [5.74, 6) is 1.30. The quantitative estimate of drug-likeness (QED) is 0.537. The number of rotatable bonds is 9. The Kier molecular flexibility index (Phi) is 6.79. The predicted octanol–water partition coefficient (Wildman–Crippen LogP) is 3.46. The van der Waals surface area contributed by atoms with E-state index in [0.29, 0.717) is 36.0 Å². The van der Waals surface area contributed by atoms with Crippen molar-refractivity contribution in [3.05, 3.63) is 66.5 Å². The molecule has 8 heteroatoms. The number of methoxy groups -OCH3 is 1. The smallest absolute Gasteiger partial charge is 0.151 e. The first kappa shape index (κ1) is 20.8. The second-order valence-electron chi connectivity index (χ2n) is 6.52. The van der Waals surface area contributed by atoms with Crippen LogP contribution in [0.5, 0.6) is 5.75 Å². The largest absolute Gasteiger partial charge is 0.490 e. The zero-order chi connectivity index (χ0) is 20.7. The van der Waals surface area contributed by atoms with E-state index in [9.17, 15) is 8.42 Å². The van der Waals surface area contributed by atoms with E-state index < -0.39 is 9.84 Å². The Hall–Kier alpha value is -2.97. The molecule has 0 bridgehead atoms. The van der Waals surface area contributed by atoms with Crippen molar-refractivity contribution in [1.82, 2.24) is 9.97 Å². The maximum absolute atomic E-state index is 11.5. The molecule has 2 aromatic carbocycles. The van der Waals surface area contributed by atoms with E-state index in [4.69, 9.17) is 9.47 Å². The van der Waals surface area contributed by atoms with Crippen LogP contribution in [0.3, 0.4) is 0 Å². The molecule has 0 radical (unpaired) electrons. The highest BCUT2D eigenvalue weighted by Gasteiger charge is 2.10. The molecule has 3 rings (SSSR count). The lowest BCUT2D eigenvalue weighted by atomic mass is 10.1. The van der Waals surface area contributed by atoms with Crippen LogP contribution < -0.4 is 10.1 Å². The van der Waals surface area contributed by atoms with E-state index in [1.165, 1.54) is 12.6 Å². The highest BCUT2D eigenvalue weighted by atomic mass is 32.2. The first-order valence-electron chi connectivity index (χ1n) is 9.01. The minimum Gasteiger partial charge on any atom is -0.490 e. The van der Waals surface area contributed by atoms with Crippen LogP contribution in [0.4, 0.5) is 11.5 Å². The van der Waals surface area contributed by atoms with Gasteiger partial charge >= 0.3 is 0 Å². The van der Waals surface area contributed by atoms with Crippen LogP contribution in [0.15, 0.2) is 60.9 Å². The van der Waals surface area contributed by atoms with Crippen LogP contribution in [0.1, 0.15) is 5.56 Å². The summed E-state index contributed by atoms with van der Waals surface area (Å²) in [7, 11) is -1.47. The van der Waals surface area contributed by atoms with Crippen LogP contribution in [0.25, 0.3) is 11.3 Å². The molecule has 1 heterocycles. The molecular formula is C21H23N3O4S. The molecule has 0 saturated heterocycles. The fraction of sp³-hybridized carbons (Fsp3) is 0.238. The van der Waals surface area contributed by atoms with Crippen LogP contribution in [-0.4, -0.2) is 45.0 Å². The normalized spacial score (nSPS) is 11.2. The summed E-state index contributed by atoms with van der Waals surface area (Å²) in [5.41, 5.74) is 3.02. The maximum atomic E-state index is 11.5. The molecule has 7 nitrogen and oxygen atoms in total. The van der Waals surface area contributed by atoms with E-state index >= 15 is 0 Å². The molecule has 0 amide bonds. The van der Waals surface area contributed by atoms with Crippen molar-refractivity contribution >= 4 is 21.3 Å². The first-order chi connectivity index (χ1) is 13.9. The van der Waals surface area contributed by atoms with E-state index in [-0.39, 0.29) is 5.75 Å². The summed E-state index contributed by atoms with van der Waals surface area (Å²) in [6.45, 7) is 0.936. The fourth-order valence-corrected chi connectivity index (χ4v) is 3.59. The molecule has 152 valence electrons. The van der Waals surface area contributed by atoms with Gasteiger partial charge in [0.05, 0.1) is 18.1 Å². The molecule has 0 spiro atoms. The standard InChI is InChI=1S/C21H23N3O4S/c1-27-10-11-28-20-9-4-3-8-18(20)19-13-21(23-15-22-19)24-17-7-5-6-16(12-17)14-29(2,25)26/h3-9,12-13,15H,10-11,14H2,1-2H3,(H,22,23,24). The third-order valence-corrected chi connectivity index (χ3v) is 4.86. The lowest BCUT2D eigenvalue weighted by Crippen LogP contribution is -2.05. The van der Waals surface area contributed by atoms with Gasteiger partial charge in [0.2, 0.25) is 0 Å². The summed E-state index contributed by atoms with van der Waals surface area (Å²) in [4.78, 5) is 8.63. The highest BCUT2D eigenvalue weighted by molar-refractivity contribution is 7.89. The van der Waals surface area contributed by atoms with Crippen molar-refractivity contribution in [2.45, 2.75) is 5.75 Å². The first-order valence-corrected chi connectivity index (χ1v) is 11.1. The topological polar surface area (TPSA) is 90.4 Å². The summed E-state index contributed by atoms with van der Waals surface area (Å²) in [6.07, 6.45) is 2.69. The van der Waals surface area contributed by atoms with Crippen molar-refractivity contribution in [2.24, 2.45) is 0 Å². The fourth-order valence-electron chi connectivity index (χ4n) is 2.80. The van der Waals surface area contributed by atoms with E-state index in [1.54, 1.807) is 19.2 Å². The van der Waals surface area contributed by atoms with Gasteiger partial charge in [-0.2, -0.15) is 0 Å². The number of nitrogens with one attached hydrogen (secondary N) is 1. The number of para-hydroxylation sites is 1. The van der Waals surface area contributed by atoms with Crippen molar-refractivity contribution in [2.75, 3.05) is 31.9 Å². The van der Waals surface area contributed by atoms with Crippen LogP contribution in [0, 0.1) is 0 Å². The van der Waals surface area contributed by atoms with Crippen LogP contribution >= 0.6 is 0 Å². The van der Waals surface area contributed by atoms with Gasteiger partial charge < -0.3 is 14.8 Å². The lowest BCUT2D eigenvalue weighted by Gasteiger charge is -2.12. The number of hydrogen-bond donors (Lipinski definition) is 1. The summed E-state index contributed by atoms with van der Waals surface area (Å²) >= 11 is 0. The molecule has 0 atom stereocenters. The second kappa shape index (κ2) is 9.49. The number of aromatic nitrogens is 2. The molecular weight excluding hydrogens is 390 g/mol. The minimum atomic E-state index is -3.10. The summed E-state index contributed by atoms with van der Waals surface area (Å²) in [5, 5.41) is 3.21. The van der Waals surface area contributed by atoms with Crippen molar-refractivity contribution in [3.8, 4) is 17.0 Å². The number of hydrogen-bond acceptors (Lipinski definition) is 7. The zero-order valence-electron chi connectivity index (χ0n) is 16.3. The zero-order valence-corrected chi connectivity index (χ0v) is 17.1. The molecule has 1 N–H and O–H groups in total. The van der Waals surface area contributed by atoms with Crippen LogP contribution in [0.2, 0.25) is 0 Å². The molecule has 0 saturated carbocycles. The number of ether oxygens (including phenoxy) is 2. The molecule has 3 aromatic rings. The molecule has 0 aliphatic rings. The third kappa shape index (κ3) is 6.27. The summed E-state index contributed by atoms with van der Waals surface area (Å²) < 4.78 is 33.9. The molecule has 29 heavy (non-hydrogen) atoms. The van der Waals surface area contributed by atoms with Crippen molar-refractivity contribution in [1.29, 1.82) is 0 Å². The monoisotopic (exact) mass is 413 g/mol. The Bertz CT molecular complexity index is 1070. The number of nitrogens with zero attached hydrogens (tertiary/aromatic N) is 2. The predicted molar refractivity (Wildman–Crippen MR) is 113 cm³/mol. The van der Waals surface area contributed by atoms with Crippen molar-refractivity contribution in [3.63, 3.8) is 0 Å². The Morgan fingerprint density at radius 3 is 2.62 bits per heavy atom. The van der Waals surface area contributed by atoms with Gasteiger partial charge in [-0.15, -0.1) is 0 Å². The number of anilines is 2. The Morgan fingerprint density at radius 2 is 1.83 bits per heavy atom. The van der Waals surface area contributed by atoms with Crippen molar-refractivity contribution < 1.29 is 17.9 Å². The van der Waals surface area contributed by atoms with E-state index in [1.807, 2.05) is 42.5 Å².